The summed E-state index contributed by atoms with van der Waals surface area (Å²) in [6.45, 7) is 13.9. The number of anilines is 2. The van der Waals surface area contributed by atoms with Crippen molar-refractivity contribution in [2.75, 3.05) is 11.1 Å². The van der Waals surface area contributed by atoms with E-state index in [0.717, 1.165) is 36.0 Å². The van der Waals surface area contributed by atoms with Crippen LogP contribution in [0.2, 0.25) is 0 Å². The first-order chi connectivity index (χ1) is 19.4. The molecule has 5 heteroatoms. The van der Waals surface area contributed by atoms with E-state index in [-0.39, 0.29) is 23.3 Å². The van der Waals surface area contributed by atoms with Gasteiger partial charge in [0.1, 0.15) is 0 Å². The number of carbonyl (C=O) groups excluding carboxylic acids is 2. The van der Waals surface area contributed by atoms with Crippen molar-refractivity contribution in [2.45, 2.75) is 125 Å². The van der Waals surface area contributed by atoms with Crippen LogP contribution in [0.25, 0.3) is 0 Å². The van der Waals surface area contributed by atoms with Crippen molar-refractivity contribution in [3.05, 3.63) is 23.8 Å². The van der Waals surface area contributed by atoms with E-state index in [9.17, 15) is 9.59 Å². The molecule has 1 aromatic rings. The molecule has 4 fully saturated rings. The molecule has 2 amide bonds. The second kappa shape index (κ2) is 11.9. The van der Waals surface area contributed by atoms with Crippen LogP contribution in [0.1, 0.15) is 129 Å². The normalized spacial score (nSPS) is 37.0. The number of nitrogens with two attached hydrogens (primary N) is 1. The van der Waals surface area contributed by atoms with Gasteiger partial charge < -0.3 is 16.4 Å². The molecule has 41 heavy (non-hydrogen) atoms. The fourth-order valence-corrected chi connectivity index (χ4v) is 10.9. The maximum atomic E-state index is 13.8. The fraction of sp³-hybridized carbons (Fsp3) is 0.778. The largest absolute Gasteiger partial charge is 0.399 e. The average Bonchev–Trinajstić information content (AvgIpc) is 3.26. The highest BCUT2D eigenvalue weighted by Crippen LogP contribution is 2.68. The van der Waals surface area contributed by atoms with Gasteiger partial charge in [0.05, 0.1) is 11.3 Å². The van der Waals surface area contributed by atoms with Gasteiger partial charge in [-0.25, -0.2) is 0 Å². The molecule has 4 N–H and O–H groups in total. The van der Waals surface area contributed by atoms with Crippen LogP contribution in [0, 0.1) is 52.3 Å². The van der Waals surface area contributed by atoms with E-state index in [2.05, 4.69) is 45.3 Å². The number of nitrogen functional groups attached to an aromatic ring is 1. The SMILES string of the molecule is CC(=O)Nc1cc(N)ccc1C(=O)NC1CCCC2CC[C@@H]3[C@H](CC[C@]4(C)[C@@H]([C@H](C)CCCC(C)C)CC[C@@H]34)[C@]21C. The Morgan fingerprint density at radius 2 is 1.76 bits per heavy atom. The molecule has 0 aliphatic heterocycles. The highest BCUT2D eigenvalue weighted by Gasteiger charge is 2.62. The summed E-state index contributed by atoms with van der Waals surface area (Å²) in [6, 6.07) is 5.38. The highest BCUT2D eigenvalue weighted by molar-refractivity contribution is 6.04. The summed E-state index contributed by atoms with van der Waals surface area (Å²) in [4.78, 5) is 25.6. The summed E-state index contributed by atoms with van der Waals surface area (Å²) >= 11 is 0. The van der Waals surface area contributed by atoms with Gasteiger partial charge in [-0.05, 0) is 122 Å². The molecular weight excluding hydrogens is 506 g/mol. The third-order valence-electron chi connectivity index (χ3n) is 12.9. The van der Waals surface area contributed by atoms with E-state index >= 15 is 0 Å². The Morgan fingerprint density at radius 1 is 0.976 bits per heavy atom. The molecule has 0 heterocycles. The lowest BCUT2D eigenvalue weighted by Crippen LogP contribution is -2.61. The van der Waals surface area contributed by atoms with Crippen molar-refractivity contribution >= 4 is 23.2 Å². The second-order valence-corrected chi connectivity index (χ2v) is 15.5. The second-order valence-electron chi connectivity index (χ2n) is 15.5. The summed E-state index contributed by atoms with van der Waals surface area (Å²) < 4.78 is 0. The van der Waals surface area contributed by atoms with E-state index in [1.807, 2.05) is 0 Å². The lowest BCUT2D eigenvalue weighted by molar-refractivity contribution is -0.126. The minimum Gasteiger partial charge on any atom is -0.399 e. The molecular formula is C36H57N3O2. The summed E-state index contributed by atoms with van der Waals surface area (Å²) in [5.41, 5.74) is 8.16. The number of nitrogens with one attached hydrogen (secondary N) is 2. The first-order valence-corrected chi connectivity index (χ1v) is 16.9. The van der Waals surface area contributed by atoms with Crippen molar-refractivity contribution < 1.29 is 9.59 Å². The van der Waals surface area contributed by atoms with Gasteiger partial charge >= 0.3 is 0 Å². The number of hydrogen-bond acceptors (Lipinski definition) is 3. The zero-order valence-corrected chi connectivity index (χ0v) is 26.7. The van der Waals surface area contributed by atoms with Gasteiger partial charge in [-0.3, -0.25) is 9.59 Å². The monoisotopic (exact) mass is 563 g/mol. The molecule has 4 saturated carbocycles. The Hall–Kier alpha value is -2.04. The highest BCUT2D eigenvalue weighted by atomic mass is 16.2. The number of fused-ring (bicyclic) bond motifs is 5. The maximum Gasteiger partial charge on any atom is 0.253 e. The molecule has 0 spiro atoms. The van der Waals surface area contributed by atoms with Crippen LogP contribution in [0.3, 0.4) is 0 Å². The van der Waals surface area contributed by atoms with Crippen LogP contribution in [0.5, 0.6) is 0 Å². The van der Waals surface area contributed by atoms with Crippen LogP contribution in [0.4, 0.5) is 11.4 Å². The van der Waals surface area contributed by atoms with Crippen molar-refractivity contribution in [3.63, 3.8) is 0 Å². The quantitative estimate of drug-likeness (QED) is 0.277. The zero-order chi connectivity index (χ0) is 29.5. The molecule has 0 saturated heterocycles. The summed E-state index contributed by atoms with van der Waals surface area (Å²) in [5.74, 6) is 5.20. The lowest BCUT2D eigenvalue weighted by Gasteiger charge is -2.63. The van der Waals surface area contributed by atoms with E-state index in [4.69, 9.17) is 5.73 Å². The Kier molecular flexibility index (Phi) is 8.84. The van der Waals surface area contributed by atoms with Gasteiger partial charge in [-0.2, -0.15) is 0 Å². The molecule has 5 nitrogen and oxygen atoms in total. The van der Waals surface area contributed by atoms with Gasteiger partial charge in [0, 0.05) is 18.7 Å². The van der Waals surface area contributed by atoms with Crippen LogP contribution in [-0.4, -0.2) is 17.9 Å². The molecule has 0 bridgehead atoms. The third kappa shape index (κ3) is 5.68. The molecule has 228 valence electrons. The van der Waals surface area contributed by atoms with E-state index in [1.54, 1.807) is 18.2 Å². The molecule has 0 radical (unpaired) electrons. The molecule has 4 aliphatic rings. The smallest absolute Gasteiger partial charge is 0.253 e. The molecule has 1 aromatic carbocycles. The predicted octanol–water partition coefficient (Wildman–Crippen LogP) is 8.45. The Balaban J connectivity index is 1.35. The molecule has 4 aliphatic carbocycles. The zero-order valence-electron chi connectivity index (χ0n) is 26.7. The molecule has 9 atom stereocenters. The number of hydrogen-bond donors (Lipinski definition) is 3. The van der Waals surface area contributed by atoms with Gasteiger partial charge in [-0.15, -0.1) is 0 Å². The van der Waals surface area contributed by atoms with Gasteiger partial charge in [0.2, 0.25) is 5.91 Å². The Morgan fingerprint density at radius 3 is 2.49 bits per heavy atom. The van der Waals surface area contributed by atoms with Crippen LogP contribution < -0.4 is 16.4 Å². The maximum absolute atomic E-state index is 13.8. The third-order valence-corrected chi connectivity index (χ3v) is 12.9. The van der Waals surface area contributed by atoms with Crippen molar-refractivity contribution in [2.24, 2.45) is 52.3 Å². The van der Waals surface area contributed by atoms with E-state index in [0.29, 0.717) is 34.2 Å². The van der Waals surface area contributed by atoms with E-state index < -0.39 is 0 Å². The molecule has 0 aromatic heterocycles. The number of rotatable bonds is 8. The minimum atomic E-state index is -0.196. The van der Waals surface area contributed by atoms with Crippen LogP contribution in [0.15, 0.2) is 18.2 Å². The predicted molar refractivity (Wildman–Crippen MR) is 169 cm³/mol. The summed E-state index contributed by atoms with van der Waals surface area (Å²) in [6.07, 6.45) is 15.8. The molecule has 5 rings (SSSR count). The van der Waals surface area contributed by atoms with Gasteiger partial charge in [0.25, 0.3) is 5.91 Å². The number of amides is 2. The first-order valence-electron chi connectivity index (χ1n) is 16.9. The van der Waals surface area contributed by atoms with Crippen LogP contribution in [-0.2, 0) is 4.79 Å². The number of benzene rings is 1. The standard InChI is InChI=1S/C36H57N3O2/c1-22(2)9-7-10-23(3)29-17-18-30-27-15-13-25-11-8-12-33(36(25,6)31(27)19-20-35(29,30)5)39-34(41)28-16-14-26(37)21-32(28)38-24(4)40/h14,16,21-23,25,27,29-31,33H,7-13,15,17-20,37H2,1-6H3,(H,38,40)(H,39,41)/t23-,25?,27+,29-,30+,31+,33?,35-,36+/m1/s1. The lowest BCUT2D eigenvalue weighted by atomic mass is 9.43. The van der Waals surface area contributed by atoms with Crippen molar-refractivity contribution in [1.29, 1.82) is 0 Å². The van der Waals surface area contributed by atoms with Gasteiger partial charge in [0.15, 0.2) is 0 Å². The Labute approximate surface area is 249 Å². The van der Waals surface area contributed by atoms with Crippen molar-refractivity contribution in [1.82, 2.24) is 5.32 Å². The van der Waals surface area contributed by atoms with Gasteiger partial charge in [-0.1, -0.05) is 60.3 Å². The van der Waals surface area contributed by atoms with Crippen molar-refractivity contribution in [3.8, 4) is 0 Å². The summed E-state index contributed by atoms with van der Waals surface area (Å²) in [5, 5.41) is 6.36. The minimum absolute atomic E-state index is 0.0838. The molecule has 2 unspecified atom stereocenters. The topological polar surface area (TPSA) is 84.2 Å². The van der Waals surface area contributed by atoms with Crippen LogP contribution >= 0.6 is 0 Å². The Bertz CT molecular complexity index is 1120. The number of carbonyl (C=O) groups is 2. The first kappa shape index (κ1) is 30.4. The fourth-order valence-electron chi connectivity index (χ4n) is 10.9. The summed E-state index contributed by atoms with van der Waals surface area (Å²) in [7, 11) is 0. The average molecular weight is 564 g/mol. The van der Waals surface area contributed by atoms with E-state index in [1.165, 1.54) is 77.6 Å².